The Bertz CT molecular complexity index is 907. The van der Waals surface area contributed by atoms with Crippen molar-refractivity contribution >= 4 is 17.3 Å². The van der Waals surface area contributed by atoms with E-state index in [9.17, 15) is 10.1 Å². The smallest absolute Gasteiger partial charge is 0.258 e. The maximum Gasteiger partial charge on any atom is 0.269 e. The molecule has 0 atom stereocenters. The third-order valence-electron chi connectivity index (χ3n) is 3.92. The first kappa shape index (κ1) is 17.2. The first-order valence-corrected chi connectivity index (χ1v) is 8.25. The van der Waals surface area contributed by atoms with E-state index in [2.05, 4.69) is 20.8 Å². The van der Waals surface area contributed by atoms with Gasteiger partial charge in [-0.25, -0.2) is 4.68 Å². The van der Waals surface area contributed by atoms with E-state index >= 15 is 0 Å². The number of benzene rings is 2. The molecule has 0 bridgehead atoms. The number of non-ortho nitro benzene ring substituents is 1. The summed E-state index contributed by atoms with van der Waals surface area (Å²) in [5, 5.41) is 16.3. The zero-order chi connectivity index (χ0) is 18.2. The standard InChI is InChI=1S/C19H18ClN3O2/c1-19(2,3)18-12-17(13-4-6-14(20)7-5-13)22(21-18)15-8-10-16(11-9-15)23(24)25/h4-12H,1-3H3. The summed E-state index contributed by atoms with van der Waals surface area (Å²) in [7, 11) is 0. The average Bonchev–Trinajstić information content (AvgIpc) is 3.01. The van der Waals surface area contributed by atoms with Crippen molar-refractivity contribution in [2.75, 3.05) is 0 Å². The normalized spacial score (nSPS) is 11.5. The highest BCUT2D eigenvalue weighted by molar-refractivity contribution is 6.30. The van der Waals surface area contributed by atoms with Gasteiger partial charge < -0.3 is 0 Å². The van der Waals surface area contributed by atoms with Gasteiger partial charge in [0.05, 0.1) is 22.0 Å². The molecular weight excluding hydrogens is 338 g/mol. The second kappa shape index (κ2) is 6.33. The molecule has 0 N–H and O–H groups in total. The lowest BCUT2D eigenvalue weighted by Crippen LogP contribution is -2.12. The molecule has 0 aliphatic heterocycles. The first-order valence-electron chi connectivity index (χ1n) is 7.87. The van der Waals surface area contributed by atoms with E-state index in [1.807, 2.05) is 35.0 Å². The van der Waals surface area contributed by atoms with Crippen molar-refractivity contribution in [1.82, 2.24) is 9.78 Å². The molecule has 5 nitrogen and oxygen atoms in total. The Labute approximate surface area is 151 Å². The predicted octanol–water partition coefficient (Wildman–Crippen LogP) is 5.40. The van der Waals surface area contributed by atoms with Gasteiger partial charge in [-0.15, -0.1) is 0 Å². The summed E-state index contributed by atoms with van der Waals surface area (Å²) >= 11 is 5.99. The van der Waals surface area contributed by atoms with Crippen LogP contribution in [0.25, 0.3) is 16.9 Å². The zero-order valence-electron chi connectivity index (χ0n) is 14.2. The number of aromatic nitrogens is 2. The molecule has 2 aromatic carbocycles. The van der Waals surface area contributed by atoms with Gasteiger partial charge in [-0.3, -0.25) is 10.1 Å². The van der Waals surface area contributed by atoms with Crippen LogP contribution in [0.2, 0.25) is 5.02 Å². The van der Waals surface area contributed by atoms with Crippen LogP contribution in [-0.2, 0) is 5.41 Å². The van der Waals surface area contributed by atoms with Crippen molar-refractivity contribution in [2.45, 2.75) is 26.2 Å². The molecular formula is C19H18ClN3O2. The Balaban J connectivity index is 2.15. The number of nitrogens with zero attached hydrogens (tertiary/aromatic N) is 3. The average molecular weight is 356 g/mol. The summed E-state index contributed by atoms with van der Waals surface area (Å²) in [6.07, 6.45) is 0. The maximum absolute atomic E-state index is 10.9. The molecule has 0 aliphatic rings. The lowest BCUT2D eigenvalue weighted by molar-refractivity contribution is -0.384. The highest BCUT2D eigenvalue weighted by Crippen LogP contribution is 2.30. The van der Waals surface area contributed by atoms with Crippen LogP contribution in [0.4, 0.5) is 5.69 Å². The predicted molar refractivity (Wildman–Crippen MR) is 99.4 cm³/mol. The maximum atomic E-state index is 10.9. The number of hydrogen-bond acceptors (Lipinski definition) is 3. The van der Waals surface area contributed by atoms with Gasteiger partial charge in [0.15, 0.2) is 0 Å². The fraction of sp³-hybridized carbons (Fsp3) is 0.211. The van der Waals surface area contributed by atoms with Crippen molar-refractivity contribution in [3.8, 4) is 16.9 Å². The van der Waals surface area contributed by atoms with E-state index in [1.54, 1.807) is 12.1 Å². The van der Waals surface area contributed by atoms with Crippen LogP contribution in [-0.4, -0.2) is 14.7 Å². The fourth-order valence-electron chi connectivity index (χ4n) is 2.49. The molecule has 0 saturated carbocycles. The second-order valence-corrected chi connectivity index (χ2v) is 7.29. The quantitative estimate of drug-likeness (QED) is 0.467. The Morgan fingerprint density at radius 1 is 1.04 bits per heavy atom. The van der Waals surface area contributed by atoms with E-state index in [-0.39, 0.29) is 11.1 Å². The number of nitro groups is 1. The third kappa shape index (κ3) is 3.56. The van der Waals surface area contributed by atoms with Crippen LogP contribution in [0.1, 0.15) is 26.5 Å². The van der Waals surface area contributed by atoms with Crippen molar-refractivity contribution in [2.24, 2.45) is 0 Å². The Morgan fingerprint density at radius 3 is 2.16 bits per heavy atom. The molecule has 0 unspecified atom stereocenters. The summed E-state index contributed by atoms with van der Waals surface area (Å²) in [5.74, 6) is 0. The molecule has 0 radical (unpaired) electrons. The van der Waals surface area contributed by atoms with Crippen molar-refractivity contribution in [1.29, 1.82) is 0 Å². The number of rotatable bonds is 3. The molecule has 3 aromatic rings. The van der Waals surface area contributed by atoms with Gasteiger partial charge in [-0.05, 0) is 30.3 Å². The summed E-state index contributed by atoms with van der Waals surface area (Å²) in [4.78, 5) is 10.5. The van der Waals surface area contributed by atoms with Gasteiger partial charge >= 0.3 is 0 Å². The minimum atomic E-state index is -0.409. The molecule has 0 spiro atoms. The molecule has 0 saturated heterocycles. The van der Waals surface area contributed by atoms with Gasteiger partial charge in [0, 0.05) is 28.1 Å². The van der Waals surface area contributed by atoms with Gasteiger partial charge in [0.2, 0.25) is 0 Å². The van der Waals surface area contributed by atoms with Gasteiger partial charge in [-0.2, -0.15) is 5.10 Å². The molecule has 128 valence electrons. The Kier molecular flexibility index (Phi) is 4.35. The molecule has 0 amide bonds. The molecule has 3 rings (SSSR count). The van der Waals surface area contributed by atoms with E-state index in [0.717, 1.165) is 22.6 Å². The highest BCUT2D eigenvalue weighted by Gasteiger charge is 2.21. The topological polar surface area (TPSA) is 61.0 Å². The fourth-order valence-corrected chi connectivity index (χ4v) is 2.61. The van der Waals surface area contributed by atoms with Gasteiger partial charge in [-0.1, -0.05) is 44.5 Å². The zero-order valence-corrected chi connectivity index (χ0v) is 15.0. The number of hydrogen-bond donors (Lipinski definition) is 0. The number of halogens is 1. The monoisotopic (exact) mass is 355 g/mol. The summed E-state index contributed by atoms with van der Waals surface area (Å²) in [6, 6.07) is 16.0. The first-order chi connectivity index (χ1) is 11.8. The van der Waals surface area contributed by atoms with Crippen molar-refractivity contribution in [3.63, 3.8) is 0 Å². The number of nitro benzene ring substituents is 1. The van der Waals surface area contributed by atoms with Crippen LogP contribution in [0.3, 0.4) is 0 Å². The molecule has 25 heavy (non-hydrogen) atoms. The minimum Gasteiger partial charge on any atom is -0.258 e. The van der Waals surface area contributed by atoms with E-state index in [4.69, 9.17) is 16.7 Å². The minimum absolute atomic E-state index is 0.0555. The van der Waals surface area contributed by atoms with Crippen LogP contribution in [0, 0.1) is 10.1 Å². The van der Waals surface area contributed by atoms with Gasteiger partial charge in [0.1, 0.15) is 0 Å². The third-order valence-corrected chi connectivity index (χ3v) is 4.17. The molecule has 1 heterocycles. The molecule has 0 aliphatic carbocycles. The second-order valence-electron chi connectivity index (χ2n) is 6.86. The Morgan fingerprint density at radius 2 is 1.64 bits per heavy atom. The highest BCUT2D eigenvalue weighted by atomic mass is 35.5. The van der Waals surface area contributed by atoms with Crippen molar-refractivity contribution in [3.05, 3.63) is 75.4 Å². The largest absolute Gasteiger partial charge is 0.269 e. The van der Waals surface area contributed by atoms with E-state index in [1.165, 1.54) is 12.1 Å². The van der Waals surface area contributed by atoms with Crippen molar-refractivity contribution < 1.29 is 4.92 Å². The SMILES string of the molecule is CC(C)(C)c1cc(-c2ccc(Cl)cc2)n(-c2ccc([N+](=O)[O-])cc2)n1. The summed E-state index contributed by atoms with van der Waals surface area (Å²) in [6.45, 7) is 6.30. The van der Waals surface area contributed by atoms with E-state index in [0.29, 0.717) is 5.02 Å². The van der Waals surface area contributed by atoms with Crippen LogP contribution >= 0.6 is 11.6 Å². The van der Waals surface area contributed by atoms with E-state index < -0.39 is 4.92 Å². The lowest BCUT2D eigenvalue weighted by atomic mass is 9.92. The lowest BCUT2D eigenvalue weighted by Gasteiger charge is -2.14. The van der Waals surface area contributed by atoms with Crippen LogP contribution in [0.15, 0.2) is 54.6 Å². The Hall–Kier alpha value is -2.66. The van der Waals surface area contributed by atoms with Crippen LogP contribution in [0.5, 0.6) is 0 Å². The van der Waals surface area contributed by atoms with Gasteiger partial charge in [0.25, 0.3) is 5.69 Å². The van der Waals surface area contributed by atoms with Crippen LogP contribution < -0.4 is 0 Å². The molecule has 0 fully saturated rings. The summed E-state index contributed by atoms with van der Waals surface area (Å²) < 4.78 is 1.81. The summed E-state index contributed by atoms with van der Waals surface area (Å²) in [5.41, 5.74) is 3.54. The molecule has 1 aromatic heterocycles. The molecule has 6 heteroatoms.